The van der Waals surface area contributed by atoms with Crippen LogP contribution in [0.3, 0.4) is 0 Å². The molecule has 0 aliphatic rings. The lowest BCUT2D eigenvalue weighted by atomic mass is 10.1. The van der Waals surface area contributed by atoms with E-state index in [4.69, 9.17) is 4.74 Å². The summed E-state index contributed by atoms with van der Waals surface area (Å²) in [5, 5.41) is 25.9. The maximum Gasteiger partial charge on any atom is 0.336 e. The van der Waals surface area contributed by atoms with Crippen LogP contribution < -0.4 is 10.1 Å². The van der Waals surface area contributed by atoms with Crippen molar-refractivity contribution in [2.45, 2.75) is 25.6 Å². The van der Waals surface area contributed by atoms with Crippen LogP contribution in [0.2, 0.25) is 0 Å². The number of hydrogen-bond donors (Lipinski definition) is 3. The molecule has 0 saturated carbocycles. The normalized spacial score (nSPS) is 12.8. The number of carboxylic acids is 1. The van der Waals surface area contributed by atoms with Gasteiger partial charge in [0, 0.05) is 46.7 Å². The predicted octanol–water partition coefficient (Wildman–Crippen LogP) is 4.91. The number of aromatic nitrogens is 1. The van der Waals surface area contributed by atoms with Crippen LogP contribution in [0.1, 0.15) is 17.3 Å². The number of halogens is 1. The van der Waals surface area contributed by atoms with Gasteiger partial charge in [0.25, 0.3) is 0 Å². The lowest BCUT2D eigenvalue weighted by Crippen LogP contribution is -2.38. The van der Waals surface area contributed by atoms with Gasteiger partial charge in [-0.05, 0) is 48.7 Å². The van der Waals surface area contributed by atoms with E-state index in [-0.39, 0.29) is 25.1 Å². The first-order valence-corrected chi connectivity index (χ1v) is 11.4. The van der Waals surface area contributed by atoms with Crippen molar-refractivity contribution in [2.75, 3.05) is 13.2 Å². The highest BCUT2D eigenvalue weighted by Gasteiger charge is 2.14. The Morgan fingerprint density at radius 3 is 2.70 bits per heavy atom. The summed E-state index contributed by atoms with van der Waals surface area (Å²) in [6.45, 7) is 3.27. The van der Waals surface area contributed by atoms with Gasteiger partial charge in [0.15, 0.2) is 0 Å². The molecule has 0 spiro atoms. The molecule has 0 saturated heterocycles. The number of carboxylic acid groups (broad SMARTS) is 1. The summed E-state index contributed by atoms with van der Waals surface area (Å²) in [6, 6.07) is 19.1. The summed E-state index contributed by atoms with van der Waals surface area (Å²) in [6.07, 6.45) is 1.24. The molecule has 174 valence electrons. The number of ether oxygens (including phenoxy) is 1. The zero-order valence-electron chi connectivity index (χ0n) is 18.2. The highest BCUT2D eigenvalue weighted by atomic mass is 35.5. The largest absolute Gasteiger partial charge is 0.490 e. The number of nitrogens with one attached hydrogen (secondary N) is 1. The maximum absolute atomic E-state index is 11.4. The van der Waals surface area contributed by atoms with Gasteiger partial charge >= 0.3 is 5.97 Å². The van der Waals surface area contributed by atoms with Crippen LogP contribution in [0.25, 0.3) is 21.3 Å². The smallest absolute Gasteiger partial charge is 0.336 e. The Kier molecular flexibility index (Phi) is 8.52. The third-order valence-electron chi connectivity index (χ3n) is 5.32. The lowest BCUT2D eigenvalue weighted by Gasteiger charge is -2.19. The number of aliphatic hydroxyl groups is 1. The summed E-state index contributed by atoms with van der Waals surface area (Å²) in [5.41, 5.74) is 2.21. The predicted molar refractivity (Wildman–Crippen MR) is 135 cm³/mol. The molecule has 0 aliphatic carbocycles. The first-order valence-electron chi connectivity index (χ1n) is 10.5. The van der Waals surface area contributed by atoms with E-state index < -0.39 is 12.1 Å². The summed E-state index contributed by atoms with van der Waals surface area (Å²) in [4.78, 5) is 12.5. The van der Waals surface area contributed by atoms with Gasteiger partial charge in [-0.2, -0.15) is 0 Å². The number of carbonyl (C=O) groups is 1. The van der Waals surface area contributed by atoms with E-state index in [1.165, 1.54) is 0 Å². The molecule has 0 amide bonds. The Morgan fingerprint density at radius 2 is 1.94 bits per heavy atom. The van der Waals surface area contributed by atoms with Crippen LogP contribution in [0.5, 0.6) is 5.75 Å². The average molecular weight is 487 g/mol. The SMILES string of the molecule is C[C@H](Cn1ccc2c(C(=O)O)cccc21)NC[C@H](O)COc1ccccc1-c1cccs1.Cl. The zero-order chi connectivity index (χ0) is 22.5. The molecule has 4 rings (SSSR count). The molecule has 0 unspecified atom stereocenters. The van der Waals surface area contributed by atoms with Crippen molar-refractivity contribution in [1.29, 1.82) is 0 Å². The number of rotatable bonds is 10. The molecule has 2 atom stereocenters. The zero-order valence-corrected chi connectivity index (χ0v) is 19.8. The third-order valence-corrected chi connectivity index (χ3v) is 6.22. The first-order chi connectivity index (χ1) is 15.5. The van der Waals surface area contributed by atoms with Crippen molar-refractivity contribution in [3.8, 4) is 16.2 Å². The number of aliphatic hydroxyl groups excluding tert-OH is 1. The van der Waals surface area contributed by atoms with Crippen molar-refractivity contribution < 1.29 is 19.7 Å². The minimum Gasteiger partial charge on any atom is -0.490 e. The Morgan fingerprint density at radius 1 is 1.12 bits per heavy atom. The van der Waals surface area contributed by atoms with Gasteiger partial charge < -0.3 is 24.8 Å². The van der Waals surface area contributed by atoms with Gasteiger partial charge in [0.1, 0.15) is 18.5 Å². The quantitative estimate of drug-likeness (QED) is 0.296. The number of hydrogen-bond acceptors (Lipinski definition) is 5. The van der Waals surface area contributed by atoms with Crippen molar-refractivity contribution in [2.24, 2.45) is 0 Å². The third kappa shape index (κ3) is 5.94. The number of nitrogens with zero attached hydrogens (tertiary/aromatic N) is 1. The molecule has 2 aromatic heterocycles. The average Bonchev–Trinajstić information content (AvgIpc) is 3.47. The van der Waals surface area contributed by atoms with Crippen LogP contribution in [-0.2, 0) is 6.54 Å². The lowest BCUT2D eigenvalue weighted by molar-refractivity contribution is 0.0699. The van der Waals surface area contributed by atoms with Crippen molar-refractivity contribution in [1.82, 2.24) is 9.88 Å². The van der Waals surface area contributed by atoms with Gasteiger partial charge in [-0.15, -0.1) is 23.7 Å². The fraction of sp³-hybridized carbons (Fsp3) is 0.240. The maximum atomic E-state index is 11.4. The Bertz CT molecular complexity index is 1190. The van der Waals surface area contributed by atoms with E-state index in [9.17, 15) is 15.0 Å². The number of benzene rings is 2. The molecule has 4 aromatic rings. The van der Waals surface area contributed by atoms with Crippen LogP contribution in [-0.4, -0.2) is 46.0 Å². The monoisotopic (exact) mass is 486 g/mol. The van der Waals surface area contributed by atoms with E-state index >= 15 is 0 Å². The number of thiophene rings is 1. The Hall–Kier alpha value is -2.84. The standard InChI is InChI=1S/C25H26N2O4S.ClH/c1-17(15-27-12-11-19-20(25(29)30)7-4-8-22(19)27)26-14-18(28)16-31-23-9-3-2-6-21(23)24-10-5-13-32-24;/h2-13,17-18,26,28H,14-16H2,1H3,(H,29,30);1H/t17-,18+;/m1./s1. The van der Waals surface area contributed by atoms with Gasteiger partial charge in [0.2, 0.25) is 0 Å². The summed E-state index contributed by atoms with van der Waals surface area (Å²) in [7, 11) is 0. The fourth-order valence-electron chi connectivity index (χ4n) is 3.74. The van der Waals surface area contributed by atoms with Crippen molar-refractivity contribution >= 4 is 40.6 Å². The molecule has 8 heteroatoms. The Balaban J connectivity index is 0.00000306. The van der Waals surface area contributed by atoms with E-state index in [0.29, 0.717) is 18.7 Å². The molecule has 0 radical (unpaired) electrons. The molecule has 0 aliphatic heterocycles. The van der Waals surface area contributed by atoms with Crippen molar-refractivity contribution in [3.05, 3.63) is 77.8 Å². The topological polar surface area (TPSA) is 83.7 Å². The molecule has 3 N–H and O–H groups in total. The van der Waals surface area contributed by atoms with Gasteiger partial charge in [-0.1, -0.05) is 24.3 Å². The first kappa shape index (κ1) is 24.8. The van der Waals surface area contributed by atoms with Gasteiger partial charge in [-0.3, -0.25) is 0 Å². The molecule has 2 aromatic carbocycles. The van der Waals surface area contributed by atoms with E-state index in [1.54, 1.807) is 23.5 Å². The molecule has 0 fully saturated rings. The number of para-hydroxylation sites is 1. The van der Waals surface area contributed by atoms with E-state index in [0.717, 1.165) is 27.1 Å². The molecular weight excluding hydrogens is 460 g/mol. The van der Waals surface area contributed by atoms with Crippen molar-refractivity contribution in [3.63, 3.8) is 0 Å². The second kappa shape index (κ2) is 11.3. The van der Waals surface area contributed by atoms with Crippen LogP contribution >= 0.6 is 23.7 Å². The second-order valence-corrected chi connectivity index (χ2v) is 8.71. The summed E-state index contributed by atoms with van der Waals surface area (Å²) >= 11 is 1.65. The van der Waals surface area contributed by atoms with Crippen LogP contribution in [0, 0.1) is 0 Å². The minimum atomic E-state index is -0.928. The fourth-order valence-corrected chi connectivity index (χ4v) is 4.50. The molecule has 33 heavy (non-hydrogen) atoms. The van der Waals surface area contributed by atoms with Crippen LogP contribution in [0.4, 0.5) is 0 Å². The van der Waals surface area contributed by atoms with Gasteiger partial charge in [-0.25, -0.2) is 4.79 Å². The minimum absolute atomic E-state index is 0. The van der Waals surface area contributed by atoms with E-state index in [2.05, 4.69) is 11.4 Å². The highest BCUT2D eigenvalue weighted by molar-refractivity contribution is 7.13. The summed E-state index contributed by atoms with van der Waals surface area (Å²) in [5.74, 6) is -0.168. The summed E-state index contributed by atoms with van der Waals surface area (Å²) < 4.78 is 7.94. The highest BCUT2D eigenvalue weighted by Crippen LogP contribution is 2.33. The van der Waals surface area contributed by atoms with E-state index in [1.807, 2.05) is 65.5 Å². The molecular formula is C25H27ClN2O4S. The second-order valence-electron chi connectivity index (χ2n) is 7.76. The van der Waals surface area contributed by atoms with Gasteiger partial charge in [0.05, 0.1) is 5.56 Å². The molecule has 2 heterocycles. The molecule has 6 nitrogen and oxygen atoms in total. The van der Waals surface area contributed by atoms with Crippen LogP contribution in [0.15, 0.2) is 72.2 Å². The Labute approximate surface area is 202 Å². The molecule has 0 bridgehead atoms. The number of fused-ring (bicyclic) bond motifs is 1. The number of aromatic carboxylic acids is 1.